The fraction of sp³-hybridized carbons (Fsp3) is 0.242. The molecule has 1 aliphatic heterocycles. The van der Waals surface area contributed by atoms with Gasteiger partial charge in [0.15, 0.2) is 4.80 Å². The second-order valence-corrected chi connectivity index (χ2v) is 12.0. The van der Waals surface area contributed by atoms with E-state index >= 15 is 0 Å². The van der Waals surface area contributed by atoms with Gasteiger partial charge in [-0.3, -0.25) is 9.36 Å². The zero-order valence-electron chi connectivity index (χ0n) is 24.4. The zero-order chi connectivity index (χ0) is 31.5. The summed E-state index contributed by atoms with van der Waals surface area (Å²) < 4.78 is 33.5. The largest absolute Gasteiger partial charge is 0.491 e. The molecule has 0 saturated carbocycles. The van der Waals surface area contributed by atoms with Crippen LogP contribution < -0.4 is 24.4 Å². The zero-order valence-corrected chi connectivity index (χ0v) is 26.7. The van der Waals surface area contributed by atoms with Crippen molar-refractivity contribution in [2.75, 3.05) is 6.61 Å². The Morgan fingerprint density at radius 1 is 1.14 bits per heavy atom. The quantitative estimate of drug-likeness (QED) is 0.190. The standard InChI is InChI=1S/C33H29Cl2FN2O5S/c1-5-41-32(40)28-19(4)37-33-38(29(28)23-11-7-9-13-26(23)43-18(2)3)31(39)27(44-33)15-21-14-22(34)16-24(35)30(21)42-17-20-10-6-8-12-25(20)36/h6-16,18,29H,5,17H2,1-4H3/b27-15-/t29-/m1/s1. The fourth-order valence-corrected chi connectivity index (χ4v) is 6.50. The van der Waals surface area contributed by atoms with Crippen LogP contribution in [0.3, 0.4) is 0 Å². The second kappa shape index (κ2) is 13.4. The van der Waals surface area contributed by atoms with Crippen LogP contribution in [0.1, 0.15) is 50.4 Å². The molecule has 11 heteroatoms. The molecule has 4 aromatic rings. The van der Waals surface area contributed by atoms with E-state index in [9.17, 15) is 14.0 Å². The molecule has 7 nitrogen and oxygen atoms in total. The van der Waals surface area contributed by atoms with E-state index in [4.69, 9.17) is 37.4 Å². The number of rotatable bonds is 9. The monoisotopic (exact) mass is 654 g/mol. The number of carbonyl (C=O) groups is 1. The van der Waals surface area contributed by atoms with Crippen molar-refractivity contribution in [2.24, 2.45) is 4.99 Å². The Hall–Kier alpha value is -3.92. The molecule has 5 rings (SSSR count). The van der Waals surface area contributed by atoms with Crippen molar-refractivity contribution >= 4 is 46.6 Å². The highest BCUT2D eigenvalue weighted by molar-refractivity contribution is 7.07. The molecule has 1 aliphatic rings. The Bertz CT molecular complexity index is 1950. The van der Waals surface area contributed by atoms with Crippen molar-refractivity contribution in [3.05, 3.63) is 124 Å². The lowest BCUT2D eigenvalue weighted by atomic mass is 9.95. The summed E-state index contributed by atoms with van der Waals surface area (Å²) >= 11 is 14.0. The van der Waals surface area contributed by atoms with E-state index in [1.807, 2.05) is 32.0 Å². The van der Waals surface area contributed by atoms with Crippen LogP contribution in [-0.4, -0.2) is 23.2 Å². The highest BCUT2D eigenvalue weighted by Crippen LogP contribution is 2.37. The third-order valence-corrected chi connectivity index (χ3v) is 8.23. The molecule has 0 bridgehead atoms. The minimum absolute atomic E-state index is 0.0924. The summed E-state index contributed by atoms with van der Waals surface area (Å²) in [5.41, 5.74) is 1.65. The molecule has 44 heavy (non-hydrogen) atoms. The van der Waals surface area contributed by atoms with E-state index in [0.717, 1.165) is 11.3 Å². The van der Waals surface area contributed by atoms with E-state index in [-0.39, 0.29) is 35.7 Å². The van der Waals surface area contributed by atoms with E-state index in [1.54, 1.807) is 50.3 Å². The van der Waals surface area contributed by atoms with Crippen molar-refractivity contribution in [1.29, 1.82) is 0 Å². The maximum Gasteiger partial charge on any atom is 0.338 e. The number of carbonyl (C=O) groups excluding carboxylic acids is 1. The van der Waals surface area contributed by atoms with Crippen LogP contribution in [0.4, 0.5) is 4.39 Å². The van der Waals surface area contributed by atoms with E-state index in [1.165, 1.54) is 16.7 Å². The first-order chi connectivity index (χ1) is 21.1. The van der Waals surface area contributed by atoms with Gasteiger partial charge in [0.25, 0.3) is 5.56 Å². The molecule has 0 spiro atoms. The van der Waals surface area contributed by atoms with Gasteiger partial charge in [-0.15, -0.1) is 0 Å². The summed E-state index contributed by atoms with van der Waals surface area (Å²) in [7, 11) is 0. The van der Waals surface area contributed by atoms with Gasteiger partial charge in [0.1, 0.15) is 30.0 Å². The summed E-state index contributed by atoms with van der Waals surface area (Å²) in [5.74, 6) is -0.218. The van der Waals surface area contributed by atoms with Gasteiger partial charge in [0.2, 0.25) is 0 Å². The number of fused-ring (bicyclic) bond motifs is 1. The van der Waals surface area contributed by atoms with Crippen LogP contribution >= 0.6 is 34.5 Å². The molecule has 0 saturated heterocycles. The number of benzene rings is 3. The number of halogens is 3. The fourth-order valence-electron chi connectivity index (χ4n) is 4.90. The Labute approximate surface area is 267 Å². The molecule has 0 radical (unpaired) electrons. The smallest absolute Gasteiger partial charge is 0.338 e. The normalized spacial score (nSPS) is 14.8. The first-order valence-electron chi connectivity index (χ1n) is 13.9. The first kappa shape index (κ1) is 31.5. The Morgan fingerprint density at radius 2 is 1.86 bits per heavy atom. The van der Waals surface area contributed by atoms with Crippen molar-refractivity contribution in [3.8, 4) is 11.5 Å². The molecular weight excluding hydrogens is 626 g/mol. The number of esters is 1. The lowest BCUT2D eigenvalue weighted by molar-refractivity contribution is -0.139. The van der Waals surface area contributed by atoms with E-state index in [0.29, 0.717) is 42.5 Å². The van der Waals surface area contributed by atoms with Gasteiger partial charge in [-0.2, -0.15) is 0 Å². The molecule has 1 aromatic heterocycles. The van der Waals surface area contributed by atoms with Crippen molar-refractivity contribution in [1.82, 2.24) is 4.57 Å². The molecule has 0 N–H and O–H groups in total. The second-order valence-electron chi connectivity index (χ2n) is 10.2. The van der Waals surface area contributed by atoms with Crippen LogP contribution in [-0.2, 0) is 16.1 Å². The molecule has 0 unspecified atom stereocenters. The number of para-hydroxylation sites is 1. The highest BCUT2D eigenvalue weighted by Gasteiger charge is 2.35. The van der Waals surface area contributed by atoms with Gasteiger partial charge < -0.3 is 14.2 Å². The first-order valence-corrected chi connectivity index (χ1v) is 15.5. The summed E-state index contributed by atoms with van der Waals surface area (Å²) in [5, 5.41) is 0.524. The van der Waals surface area contributed by atoms with Gasteiger partial charge in [-0.05, 0) is 58.0 Å². The van der Waals surface area contributed by atoms with Crippen LogP contribution in [0.15, 0.2) is 81.7 Å². The number of hydrogen-bond donors (Lipinski definition) is 0. The van der Waals surface area contributed by atoms with Crippen LogP contribution in [0.25, 0.3) is 6.08 Å². The molecule has 228 valence electrons. The summed E-state index contributed by atoms with van der Waals surface area (Å²) in [4.78, 5) is 32.5. The highest BCUT2D eigenvalue weighted by atomic mass is 35.5. The van der Waals surface area contributed by atoms with Crippen LogP contribution in [0.2, 0.25) is 10.0 Å². The van der Waals surface area contributed by atoms with Gasteiger partial charge in [0.05, 0.1) is 33.5 Å². The third kappa shape index (κ3) is 6.45. The molecule has 0 fully saturated rings. The van der Waals surface area contributed by atoms with Gasteiger partial charge in [-0.1, -0.05) is 70.9 Å². The van der Waals surface area contributed by atoms with Gasteiger partial charge >= 0.3 is 5.97 Å². The summed E-state index contributed by atoms with van der Waals surface area (Å²) in [6, 6.07) is 15.8. The number of nitrogens with zero attached hydrogens (tertiary/aromatic N) is 2. The number of aromatic nitrogens is 1. The SMILES string of the molecule is CCOC(=O)C1=C(C)N=c2s/c(=C\c3cc(Cl)cc(Cl)c3OCc3ccccc3F)c(=O)n2[C@@H]1c1ccccc1OC(C)C. The van der Waals surface area contributed by atoms with Crippen LogP contribution in [0.5, 0.6) is 11.5 Å². The van der Waals surface area contributed by atoms with Gasteiger partial charge in [0, 0.05) is 21.7 Å². The number of allylic oxidation sites excluding steroid dienone is 1. The predicted molar refractivity (Wildman–Crippen MR) is 170 cm³/mol. The molecular formula is C33H29Cl2FN2O5S. The topological polar surface area (TPSA) is 79.1 Å². The molecule has 3 aromatic carbocycles. The predicted octanol–water partition coefficient (Wildman–Crippen LogP) is 6.61. The lowest BCUT2D eigenvalue weighted by Crippen LogP contribution is -2.40. The maximum atomic E-state index is 14.3. The number of hydrogen-bond acceptors (Lipinski definition) is 7. The Morgan fingerprint density at radius 3 is 2.59 bits per heavy atom. The van der Waals surface area contributed by atoms with Crippen molar-refractivity contribution < 1.29 is 23.4 Å². The number of ether oxygens (including phenoxy) is 3. The molecule has 2 heterocycles. The summed E-state index contributed by atoms with van der Waals surface area (Å²) in [6.45, 7) is 7.30. The minimum Gasteiger partial charge on any atom is -0.491 e. The van der Waals surface area contributed by atoms with Crippen molar-refractivity contribution in [3.63, 3.8) is 0 Å². The van der Waals surface area contributed by atoms with Crippen LogP contribution in [0, 0.1) is 5.82 Å². The maximum absolute atomic E-state index is 14.3. The van der Waals surface area contributed by atoms with E-state index < -0.39 is 23.4 Å². The lowest BCUT2D eigenvalue weighted by Gasteiger charge is -2.26. The Balaban J connectivity index is 1.68. The molecule has 0 amide bonds. The van der Waals surface area contributed by atoms with E-state index in [2.05, 4.69) is 4.99 Å². The Kier molecular flexibility index (Phi) is 9.58. The molecule has 0 aliphatic carbocycles. The third-order valence-electron chi connectivity index (χ3n) is 6.75. The summed E-state index contributed by atoms with van der Waals surface area (Å²) in [6.07, 6.45) is 1.45. The number of thiazole rings is 1. The molecule has 1 atom stereocenters. The average molecular weight is 656 g/mol. The van der Waals surface area contributed by atoms with Gasteiger partial charge in [-0.25, -0.2) is 14.2 Å². The van der Waals surface area contributed by atoms with Crippen molar-refractivity contribution in [2.45, 2.75) is 46.4 Å². The average Bonchev–Trinajstić information content (AvgIpc) is 3.26. The minimum atomic E-state index is -0.859.